The molecule has 1 N–H and O–H groups in total. The van der Waals surface area contributed by atoms with Crippen LogP contribution in [0, 0.1) is 11.3 Å². The van der Waals surface area contributed by atoms with Crippen LogP contribution >= 0.6 is 0 Å². The van der Waals surface area contributed by atoms with E-state index in [4.69, 9.17) is 4.74 Å². The summed E-state index contributed by atoms with van der Waals surface area (Å²) in [6, 6.07) is 12.2. The first-order valence-electron chi connectivity index (χ1n) is 6.19. The van der Waals surface area contributed by atoms with Gasteiger partial charge in [0, 0.05) is 6.42 Å². The summed E-state index contributed by atoms with van der Waals surface area (Å²) in [4.78, 5) is 0. The third-order valence-corrected chi connectivity index (χ3v) is 3.25. The molecule has 1 aromatic carbocycles. The molecule has 0 radical (unpaired) electrons. The number of rotatable bonds is 4. The maximum absolute atomic E-state index is 9.27. The largest absolute Gasteiger partial charge is 0.493 e. The third-order valence-electron chi connectivity index (χ3n) is 3.25. The molecule has 1 atom stereocenters. The Kier molecular flexibility index (Phi) is 4.00. The number of nitriles is 1. The molecule has 0 aromatic heterocycles. The van der Waals surface area contributed by atoms with Crippen LogP contribution in [0.4, 0.5) is 0 Å². The van der Waals surface area contributed by atoms with Crippen LogP contribution in [0.15, 0.2) is 30.3 Å². The van der Waals surface area contributed by atoms with Gasteiger partial charge in [-0.3, -0.25) is 5.32 Å². The van der Waals surface area contributed by atoms with E-state index in [1.807, 2.05) is 30.3 Å². The molecule has 0 saturated carbocycles. The molecule has 1 fully saturated rings. The van der Waals surface area contributed by atoms with Crippen molar-refractivity contribution in [1.29, 1.82) is 5.26 Å². The molecule has 1 unspecified atom stereocenters. The van der Waals surface area contributed by atoms with Gasteiger partial charge in [-0.1, -0.05) is 18.2 Å². The molecule has 90 valence electrons. The van der Waals surface area contributed by atoms with Crippen molar-refractivity contribution in [3.05, 3.63) is 30.3 Å². The van der Waals surface area contributed by atoms with Crippen molar-refractivity contribution in [1.82, 2.24) is 5.32 Å². The highest BCUT2D eigenvalue weighted by Crippen LogP contribution is 2.22. The van der Waals surface area contributed by atoms with E-state index in [1.165, 1.54) is 6.42 Å². The fourth-order valence-electron chi connectivity index (χ4n) is 2.19. The summed E-state index contributed by atoms with van der Waals surface area (Å²) in [5.74, 6) is 0.872. The Morgan fingerprint density at radius 3 is 2.76 bits per heavy atom. The highest BCUT2D eigenvalue weighted by Gasteiger charge is 2.31. The molecule has 1 aliphatic heterocycles. The van der Waals surface area contributed by atoms with Gasteiger partial charge in [0.2, 0.25) is 0 Å². The summed E-state index contributed by atoms with van der Waals surface area (Å²) in [6.07, 6.45) is 3.98. The van der Waals surface area contributed by atoms with E-state index in [-0.39, 0.29) is 5.54 Å². The number of hydrogen-bond acceptors (Lipinski definition) is 3. The summed E-state index contributed by atoms with van der Waals surface area (Å²) in [5.41, 5.74) is -0.368. The van der Waals surface area contributed by atoms with Crippen molar-refractivity contribution < 1.29 is 4.74 Å². The van der Waals surface area contributed by atoms with Crippen molar-refractivity contribution >= 4 is 0 Å². The van der Waals surface area contributed by atoms with Crippen molar-refractivity contribution in [3.8, 4) is 11.8 Å². The minimum Gasteiger partial charge on any atom is -0.493 e. The number of hydrogen-bond donors (Lipinski definition) is 1. The maximum Gasteiger partial charge on any atom is 0.119 e. The minimum atomic E-state index is -0.368. The van der Waals surface area contributed by atoms with E-state index in [0.717, 1.165) is 31.6 Å². The average molecular weight is 230 g/mol. The van der Waals surface area contributed by atoms with Crippen LogP contribution in [0.3, 0.4) is 0 Å². The lowest BCUT2D eigenvalue weighted by atomic mass is 9.87. The van der Waals surface area contributed by atoms with Crippen LogP contribution in [0.1, 0.15) is 25.7 Å². The van der Waals surface area contributed by atoms with Crippen LogP contribution in [0.2, 0.25) is 0 Å². The molecule has 2 rings (SSSR count). The predicted octanol–water partition coefficient (Wildman–Crippen LogP) is 2.49. The number of nitrogens with one attached hydrogen (secondary N) is 1. The zero-order valence-corrected chi connectivity index (χ0v) is 9.98. The lowest BCUT2D eigenvalue weighted by Gasteiger charge is -2.31. The molecule has 0 spiro atoms. The van der Waals surface area contributed by atoms with Crippen LogP contribution in [-0.4, -0.2) is 18.7 Å². The van der Waals surface area contributed by atoms with E-state index in [1.54, 1.807) is 0 Å². The Hall–Kier alpha value is -1.53. The fraction of sp³-hybridized carbons (Fsp3) is 0.500. The topological polar surface area (TPSA) is 45.0 Å². The molecule has 3 heteroatoms. The molecule has 0 amide bonds. The first kappa shape index (κ1) is 11.9. The van der Waals surface area contributed by atoms with Crippen LogP contribution in [0.5, 0.6) is 5.75 Å². The predicted molar refractivity (Wildman–Crippen MR) is 66.8 cm³/mol. The monoisotopic (exact) mass is 230 g/mol. The Labute approximate surface area is 102 Å². The van der Waals surface area contributed by atoms with Crippen molar-refractivity contribution in [2.75, 3.05) is 13.2 Å². The highest BCUT2D eigenvalue weighted by molar-refractivity contribution is 5.21. The van der Waals surface area contributed by atoms with Crippen molar-refractivity contribution in [2.45, 2.75) is 31.2 Å². The molecule has 1 saturated heterocycles. The van der Waals surface area contributed by atoms with Crippen molar-refractivity contribution in [3.63, 3.8) is 0 Å². The molecule has 0 aliphatic carbocycles. The number of benzene rings is 1. The van der Waals surface area contributed by atoms with Gasteiger partial charge in [0.05, 0.1) is 12.7 Å². The van der Waals surface area contributed by atoms with E-state index in [0.29, 0.717) is 6.61 Å². The molecular weight excluding hydrogens is 212 g/mol. The molecule has 17 heavy (non-hydrogen) atoms. The fourth-order valence-corrected chi connectivity index (χ4v) is 2.19. The summed E-state index contributed by atoms with van der Waals surface area (Å²) in [7, 11) is 0. The van der Waals surface area contributed by atoms with Gasteiger partial charge < -0.3 is 4.74 Å². The number of piperidine rings is 1. The summed E-state index contributed by atoms with van der Waals surface area (Å²) in [6.45, 7) is 1.53. The lowest BCUT2D eigenvalue weighted by molar-refractivity contribution is 0.231. The molecule has 1 aromatic rings. The maximum atomic E-state index is 9.27. The second kappa shape index (κ2) is 5.70. The molecular formula is C14H18N2O. The first-order valence-corrected chi connectivity index (χ1v) is 6.19. The molecule has 0 bridgehead atoms. The van der Waals surface area contributed by atoms with Gasteiger partial charge in [0.25, 0.3) is 0 Å². The Morgan fingerprint density at radius 2 is 2.12 bits per heavy atom. The molecule has 1 aliphatic rings. The van der Waals surface area contributed by atoms with Crippen LogP contribution in [0.25, 0.3) is 0 Å². The SMILES string of the molecule is N#CC1(CCOc2ccccc2)CCCCN1. The second-order valence-corrected chi connectivity index (χ2v) is 4.49. The number of nitrogens with zero attached hydrogens (tertiary/aromatic N) is 1. The first-order chi connectivity index (χ1) is 8.35. The summed E-state index contributed by atoms with van der Waals surface area (Å²) in [5, 5.41) is 12.6. The van der Waals surface area contributed by atoms with Gasteiger partial charge in [0.15, 0.2) is 0 Å². The van der Waals surface area contributed by atoms with E-state index in [2.05, 4.69) is 11.4 Å². The van der Waals surface area contributed by atoms with Crippen LogP contribution in [-0.2, 0) is 0 Å². The average Bonchev–Trinajstić information content (AvgIpc) is 2.41. The Balaban J connectivity index is 1.83. The third kappa shape index (κ3) is 3.21. The lowest BCUT2D eigenvalue weighted by Crippen LogP contribution is -2.48. The highest BCUT2D eigenvalue weighted by atomic mass is 16.5. The zero-order valence-electron chi connectivity index (χ0n) is 9.98. The van der Waals surface area contributed by atoms with Gasteiger partial charge >= 0.3 is 0 Å². The van der Waals surface area contributed by atoms with Gasteiger partial charge in [-0.05, 0) is 37.9 Å². The number of ether oxygens (including phenoxy) is 1. The Bertz CT molecular complexity index is 377. The van der Waals surface area contributed by atoms with E-state index < -0.39 is 0 Å². The van der Waals surface area contributed by atoms with Gasteiger partial charge in [-0.25, -0.2) is 0 Å². The van der Waals surface area contributed by atoms with Gasteiger partial charge in [-0.2, -0.15) is 5.26 Å². The smallest absolute Gasteiger partial charge is 0.119 e. The van der Waals surface area contributed by atoms with Crippen molar-refractivity contribution in [2.24, 2.45) is 0 Å². The van der Waals surface area contributed by atoms with Gasteiger partial charge in [0.1, 0.15) is 11.3 Å². The van der Waals surface area contributed by atoms with E-state index in [9.17, 15) is 5.26 Å². The summed E-state index contributed by atoms with van der Waals surface area (Å²) < 4.78 is 5.64. The second-order valence-electron chi connectivity index (χ2n) is 4.49. The molecule has 1 heterocycles. The number of para-hydroxylation sites is 1. The zero-order chi connectivity index (χ0) is 12.0. The molecule has 3 nitrogen and oxygen atoms in total. The summed E-state index contributed by atoms with van der Waals surface area (Å²) >= 11 is 0. The van der Waals surface area contributed by atoms with E-state index >= 15 is 0 Å². The Morgan fingerprint density at radius 1 is 1.29 bits per heavy atom. The standard InChI is InChI=1S/C14H18N2O/c15-12-14(8-4-5-10-16-14)9-11-17-13-6-2-1-3-7-13/h1-3,6-7,16H,4-5,8-11H2. The quantitative estimate of drug-likeness (QED) is 0.864. The van der Waals surface area contributed by atoms with Crippen LogP contribution < -0.4 is 10.1 Å². The normalized spacial score (nSPS) is 23.9. The van der Waals surface area contributed by atoms with Gasteiger partial charge in [-0.15, -0.1) is 0 Å². The minimum absolute atomic E-state index is 0.368.